The van der Waals surface area contributed by atoms with Crippen LogP contribution in [0.25, 0.3) is 0 Å². The molecule has 1 aromatic carbocycles. The van der Waals surface area contributed by atoms with Gasteiger partial charge in [0.25, 0.3) is 5.91 Å². The van der Waals surface area contributed by atoms with E-state index in [0.29, 0.717) is 11.6 Å². The van der Waals surface area contributed by atoms with E-state index in [9.17, 15) is 4.79 Å². The van der Waals surface area contributed by atoms with Crippen molar-refractivity contribution in [2.75, 3.05) is 13.1 Å². The van der Waals surface area contributed by atoms with E-state index in [4.69, 9.17) is 0 Å². The van der Waals surface area contributed by atoms with Crippen LogP contribution in [-0.2, 0) is 6.42 Å². The number of likely N-dealkylation sites (tertiary alicyclic amines) is 1. The highest BCUT2D eigenvalue weighted by Crippen LogP contribution is 2.28. The molecule has 0 aliphatic carbocycles. The van der Waals surface area contributed by atoms with E-state index in [0.717, 1.165) is 43.7 Å². The highest BCUT2D eigenvalue weighted by molar-refractivity contribution is 5.91. The van der Waals surface area contributed by atoms with E-state index in [2.05, 4.69) is 43.8 Å². The molecule has 0 spiro atoms. The van der Waals surface area contributed by atoms with Crippen LogP contribution >= 0.6 is 0 Å². The lowest BCUT2D eigenvalue weighted by Crippen LogP contribution is -2.38. The second kappa shape index (κ2) is 6.88. The molecule has 0 saturated carbocycles. The van der Waals surface area contributed by atoms with Crippen molar-refractivity contribution in [3.05, 3.63) is 65.2 Å². The number of piperidine rings is 1. The van der Waals surface area contributed by atoms with Crippen LogP contribution in [0.5, 0.6) is 0 Å². The number of nitrogens with one attached hydrogen (secondary N) is 2. The fraction of sp³-hybridized carbons (Fsp3) is 0.333. The van der Waals surface area contributed by atoms with Crippen molar-refractivity contribution >= 4 is 5.91 Å². The second-order valence-corrected chi connectivity index (χ2v) is 6.40. The van der Waals surface area contributed by atoms with Crippen molar-refractivity contribution in [3.8, 4) is 0 Å². The van der Waals surface area contributed by atoms with Gasteiger partial charge in [-0.2, -0.15) is 20.5 Å². The van der Waals surface area contributed by atoms with E-state index in [1.165, 1.54) is 11.8 Å². The molecule has 1 aliphatic heterocycles. The second-order valence-electron chi connectivity index (χ2n) is 6.40. The quantitative estimate of drug-likeness (QED) is 0.764. The fourth-order valence-electron chi connectivity index (χ4n) is 3.34. The molecule has 25 heavy (non-hydrogen) atoms. The number of benzene rings is 1. The smallest absolute Gasteiger partial charge is 0.276 e. The monoisotopic (exact) mass is 336 g/mol. The lowest BCUT2D eigenvalue weighted by Gasteiger charge is -2.30. The largest absolute Gasteiger partial charge is 0.337 e. The maximum atomic E-state index is 12.3. The topological polar surface area (TPSA) is 90.6 Å². The third-order valence-corrected chi connectivity index (χ3v) is 4.72. The molecule has 1 fully saturated rings. The van der Waals surface area contributed by atoms with Crippen LogP contribution in [0, 0.1) is 0 Å². The zero-order valence-electron chi connectivity index (χ0n) is 13.9. The molecule has 0 unspecified atom stereocenters. The maximum Gasteiger partial charge on any atom is 0.276 e. The number of aromatic amines is 2. The van der Waals surface area contributed by atoms with Gasteiger partial charge in [0, 0.05) is 31.1 Å². The molecule has 7 nitrogen and oxygen atoms in total. The zero-order chi connectivity index (χ0) is 17.1. The van der Waals surface area contributed by atoms with Crippen LogP contribution in [0.2, 0.25) is 0 Å². The third-order valence-electron chi connectivity index (χ3n) is 4.72. The Balaban J connectivity index is 1.36. The Morgan fingerprint density at radius 2 is 1.96 bits per heavy atom. The molecule has 3 heterocycles. The van der Waals surface area contributed by atoms with Crippen molar-refractivity contribution in [2.24, 2.45) is 0 Å². The summed E-state index contributed by atoms with van der Waals surface area (Å²) in [5, 5.41) is 17.7. The Morgan fingerprint density at radius 3 is 2.68 bits per heavy atom. The molecule has 1 aliphatic rings. The van der Waals surface area contributed by atoms with Gasteiger partial charge in [-0.05, 0) is 24.5 Å². The Morgan fingerprint density at radius 1 is 1.16 bits per heavy atom. The number of hydrogen-bond donors (Lipinski definition) is 2. The number of H-pyrrole nitrogens is 2. The third kappa shape index (κ3) is 3.45. The number of amides is 1. The molecule has 0 bridgehead atoms. The van der Waals surface area contributed by atoms with Crippen LogP contribution in [-0.4, -0.2) is 49.5 Å². The molecule has 0 radical (unpaired) electrons. The maximum absolute atomic E-state index is 12.3. The van der Waals surface area contributed by atoms with Crippen molar-refractivity contribution in [2.45, 2.75) is 25.2 Å². The first-order valence-electron chi connectivity index (χ1n) is 8.53. The number of aromatic nitrogens is 5. The predicted molar refractivity (Wildman–Crippen MR) is 92.1 cm³/mol. The molecule has 2 N–H and O–H groups in total. The zero-order valence-corrected chi connectivity index (χ0v) is 13.9. The Bertz CT molecular complexity index is 818. The van der Waals surface area contributed by atoms with E-state index in [1.807, 2.05) is 23.1 Å². The van der Waals surface area contributed by atoms with E-state index in [1.54, 1.807) is 0 Å². The number of carbonyl (C=O) groups is 1. The minimum absolute atomic E-state index is 0.0565. The molecule has 7 heteroatoms. The van der Waals surface area contributed by atoms with Crippen LogP contribution in [0.4, 0.5) is 0 Å². The predicted octanol–water partition coefficient (Wildman–Crippen LogP) is 2.14. The molecule has 0 atom stereocenters. The molecule has 3 aromatic rings. The standard InChI is InChI=1S/C18H20N6O/c25-18(17-12-19-23-22-17)24-8-6-14(7-9-24)16-11-15(20-21-16)10-13-4-2-1-3-5-13/h1-5,11-12,14H,6-10H2,(H,20,21)(H,19,22,23). The first-order valence-corrected chi connectivity index (χ1v) is 8.53. The van der Waals surface area contributed by atoms with Crippen LogP contribution in [0.15, 0.2) is 42.6 Å². The van der Waals surface area contributed by atoms with Gasteiger partial charge >= 0.3 is 0 Å². The lowest BCUT2D eigenvalue weighted by molar-refractivity contribution is 0.0706. The van der Waals surface area contributed by atoms with Gasteiger partial charge in [0.2, 0.25) is 0 Å². The molecule has 2 aromatic heterocycles. The van der Waals surface area contributed by atoms with Crippen molar-refractivity contribution < 1.29 is 4.79 Å². The number of rotatable bonds is 4. The summed E-state index contributed by atoms with van der Waals surface area (Å²) in [7, 11) is 0. The number of carbonyl (C=O) groups excluding carboxylic acids is 1. The van der Waals surface area contributed by atoms with Gasteiger partial charge < -0.3 is 4.90 Å². The first kappa shape index (κ1) is 15.6. The van der Waals surface area contributed by atoms with Gasteiger partial charge in [0.05, 0.1) is 11.9 Å². The normalized spacial score (nSPS) is 15.4. The summed E-state index contributed by atoms with van der Waals surface area (Å²) in [5.41, 5.74) is 3.87. The first-order chi connectivity index (χ1) is 12.3. The van der Waals surface area contributed by atoms with E-state index >= 15 is 0 Å². The summed E-state index contributed by atoms with van der Waals surface area (Å²) in [6.45, 7) is 1.44. The Labute approximate surface area is 145 Å². The number of nitrogens with zero attached hydrogens (tertiary/aromatic N) is 4. The van der Waals surface area contributed by atoms with Gasteiger partial charge in [-0.3, -0.25) is 9.89 Å². The Hall–Kier alpha value is -2.96. The average Bonchev–Trinajstić information content (AvgIpc) is 3.34. The Kier molecular flexibility index (Phi) is 4.28. The van der Waals surface area contributed by atoms with E-state index in [-0.39, 0.29) is 5.91 Å². The molecular weight excluding hydrogens is 316 g/mol. The van der Waals surface area contributed by atoms with Crippen molar-refractivity contribution in [3.63, 3.8) is 0 Å². The minimum Gasteiger partial charge on any atom is -0.337 e. The summed E-state index contributed by atoms with van der Waals surface area (Å²) < 4.78 is 0. The number of hydrogen-bond acceptors (Lipinski definition) is 4. The lowest BCUT2D eigenvalue weighted by atomic mass is 9.93. The highest BCUT2D eigenvalue weighted by atomic mass is 16.2. The van der Waals surface area contributed by atoms with Gasteiger partial charge in [0.15, 0.2) is 5.69 Å². The van der Waals surface area contributed by atoms with Crippen molar-refractivity contribution in [1.82, 2.24) is 30.5 Å². The molecular formula is C18H20N6O. The summed E-state index contributed by atoms with van der Waals surface area (Å²) in [5.74, 6) is 0.334. The van der Waals surface area contributed by atoms with Gasteiger partial charge in [0.1, 0.15) is 0 Å². The van der Waals surface area contributed by atoms with Gasteiger partial charge in [-0.25, -0.2) is 0 Å². The van der Waals surface area contributed by atoms with Gasteiger partial charge in [-0.1, -0.05) is 30.3 Å². The molecule has 1 saturated heterocycles. The average molecular weight is 336 g/mol. The summed E-state index contributed by atoms with van der Waals surface area (Å²) >= 11 is 0. The van der Waals surface area contributed by atoms with Gasteiger partial charge in [-0.15, -0.1) is 0 Å². The summed E-state index contributed by atoms with van der Waals surface area (Å²) in [4.78, 5) is 14.1. The van der Waals surface area contributed by atoms with Crippen LogP contribution in [0.3, 0.4) is 0 Å². The molecule has 128 valence electrons. The van der Waals surface area contributed by atoms with Crippen molar-refractivity contribution in [1.29, 1.82) is 0 Å². The summed E-state index contributed by atoms with van der Waals surface area (Å²) in [6, 6.07) is 12.5. The summed E-state index contributed by atoms with van der Waals surface area (Å²) in [6.07, 6.45) is 4.16. The minimum atomic E-state index is -0.0565. The molecule has 1 amide bonds. The molecule has 4 rings (SSSR count). The van der Waals surface area contributed by atoms with Crippen LogP contribution in [0.1, 0.15) is 46.2 Å². The SMILES string of the molecule is O=C(c1cn[nH]n1)N1CCC(c2cc(Cc3ccccc3)[nH]n2)CC1. The highest BCUT2D eigenvalue weighted by Gasteiger charge is 2.27. The van der Waals surface area contributed by atoms with Crippen LogP contribution < -0.4 is 0 Å². The fourth-order valence-corrected chi connectivity index (χ4v) is 3.34. The van der Waals surface area contributed by atoms with E-state index < -0.39 is 0 Å².